The summed E-state index contributed by atoms with van der Waals surface area (Å²) >= 11 is 1.42. The van der Waals surface area contributed by atoms with Crippen LogP contribution in [0.15, 0.2) is 60.0 Å². The highest BCUT2D eigenvalue weighted by Crippen LogP contribution is 2.25. The Morgan fingerprint density at radius 1 is 1.00 bits per heavy atom. The van der Waals surface area contributed by atoms with Crippen molar-refractivity contribution in [3.8, 4) is 11.3 Å². The van der Waals surface area contributed by atoms with Crippen LogP contribution in [0, 0.1) is 13.8 Å². The van der Waals surface area contributed by atoms with Gasteiger partial charge in [0.15, 0.2) is 5.13 Å². The van der Waals surface area contributed by atoms with Crippen LogP contribution in [-0.2, 0) is 4.79 Å². The number of rotatable bonds is 4. The summed E-state index contributed by atoms with van der Waals surface area (Å²) in [6.45, 7) is 4.09. The first-order valence-corrected chi connectivity index (χ1v) is 8.56. The molecule has 0 atom stereocenters. The number of hydrogen-bond donors (Lipinski definition) is 1. The molecule has 0 aliphatic carbocycles. The summed E-state index contributed by atoms with van der Waals surface area (Å²) in [4.78, 5) is 16.5. The van der Waals surface area contributed by atoms with E-state index in [-0.39, 0.29) is 5.91 Å². The number of carbonyl (C=O) groups excluding carboxylic acids is 1. The number of thiazole rings is 1. The normalized spacial score (nSPS) is 10.9. The van der Waals surface area contributed by atoms with E-state index in [9.17, 15) is 4.79 Å². The van der Waals surface area contributed by atoms with Gasteiger partial charge in [-0.1, -0.05) is 59.7 Å². The van der Waals surface area contributed by atoms with Gasteiger partial charge >= 0.3 is 0 Å². The van der Waals surface area contributed by atoms with Crippen LogP contribution in [0.5, 0.6) is 0 Å². The molecule has 24 heavy (non-hydrogen) atoms. The molecular formula is C20H18N2OS. The van der Waals surface area contributed by atoms with Crippen LogP contribution in [-0.4, -0.2) is 10.9 Å². The second kappa shape index (κ2) is 7.23. The van der Waals surface area contributed by atoms with Crippen LogP contribution in [0.25, 0.3) is 17.3 Å². The summed E-state index contributed by atoms with van der Waals surface area (Å²) in [7, 11) is 0. The Balaban J connectivity index is 1.64. The number of anilines is 1. The lowest BCUT2D eigenvalue weighted by Gasteiger charge is -1.98. The van der Waals surface area contributed by atoms with Crippen LogP contribution in [0.4, 0.5) is 5.13 Å². The highest BCUT2D eigenvalue weighted by molar-refractivity contribution is 7.14. The first-order valence-electron chi connectivity index (χ1n) is 7.68. The molecule has 0 saturated heterocycles. The van der Waals surface area contributed by atoms with Gasteiger partial charge in [-0.3, -0.25) is 10.1 Å². The summed E-state index contributed by atoms with van der Waals surface area (Å²) in [5.74, 6) is -0.180. The number of aryl methyl sites for hydroxylation is 2. The number of amides is 1. The summed E-state index contributed by atoms with van der Waals surface area (Å²) in [5, 5.41) is 5.36. The average Bonchev–Trinajstić information content (AvgIpc) is 3.03. The molecule has 0 bridgehead atoms. The van der Waals surface area contributed by atoms with Crippen LogP contribution >= 0.6 is 11.3 Å². The van der Waals surface area contributed by atoms with E-state index in [2.05, 4.69) is 29.4 Å². The van der Waals surface area contributed by atoms with Gasteiger partial charge in [-0.2, -0.15) is 0 Å². The molecule has 0 unspecified atom stereocenters. The second-order valence-corrected chi connectivity index (χ2v) is 6.50. The van der Waals surface area contributed by atoms with Crippen LogP contribution in [0.3, 0.4) is 0 Å². The Kier molecular flexibility index (Phi) is 4.87. The summed E-state index contributed by atoms with van der Waals surface area (Å²) < 4.78 is 0. The molecule has 3 nitrogen and oxygen atoms in total. The average molecular weight is 334 g/mol. The van der Waals surface area contributed by atoms with Gasteiger partial charge in [-0.15, -0.1) is 11.3 Å². The second-order valence-electron chi connectivity index (χ2n) is 5.64. The minimum absolute atomic E-state index is 0.180. The lowest BCUT2D eigenvalue weighted by Crippen LogP contribution is -2.07. The molecule has 1 N–H and O–H groups in total. The number of benzene rings is 2. The lowest BCUT2D eigenvalue weighted by atomic mass is 10.1. The molecule has 0 radical (unpaired) electrons. The van der Waals surface area contributed by atoms with Crippen LogP contribution in [0.2, 0.25) is 0 Å². The molecule has 1 aromatic heterocycles. The van der Waals surface area contributed by atoms with E-state index in [1.807, 2.05) is 48.7 Å². The fourth-order valence-electron chi connectivity index (χ4n) is 2.18. The Morgan fingerprint density at radius 3 is 2.29 bits per heavy atom. The Morgan fingerprint density at radius 2 is 1.62 bits per heavy atom. The van der Waals surface area contributed by atoms with Gasteiger partial charge in [0.05, 0.1) is 5.69 Å². The number of carbonyl (C=O) groups is 1. The van der Waals surface area contributed by atoms with Gasteiger partial charge in [0, 0.05) is 17.0 Å². The number of aromatic nitrogens is 1. The SMILES string of the molecule is Cc1ccc(/C=C/C(=O)Nc2nc(-c3ccc(C)cc3)cs2)cc1. The highest BCUT2D eigenvalue weighted by Gasteiger charge is 2.06. The predicted molar refractivity (Wildman–Crippen MR) is 101 cm³/mol. The van der Waals surface area contributed by atoms with Crippen molar-refractivity contribution < 1.29 is 4.79 Å². The minimum Gasteiger partial charge on any atom is -0.298 e. The minimum atomic E-state index is -0.180. The summed E-state index contributed by atoms with van der Waals surface area (Å²) in [6.07, 6.45) is 3.32. The van der Waals surface area contributed by atoms with E-state index < -0.39 is 0 Å². The molecule has 0 saturated carbocycles. The third-order valence-corrected chi connectivity index (χ3v) is 4.34. The van der Waals surface area contributed by atoms with Crippen molar-refractivity contribution in [1.82, 2.24) is 4.98 Å². The van der Waals surface area contributed by atoms with E-state index in [0.29, 0.717) is 5.13 Å². The maximum Gasteiger partial charge on any atom is 0.250 e. The molecule has 0 fully saturated rings. The van der Waals surface area contributed by atoms with Crippen molar-refractivity contribution >= 4 is 28.5 Å². The smallest absolute Gasteiger partial charge is 0.250 e. The number of nitrogens with zero attached hydrogens (tertiary/aromatic N) is 1. The van der Waals surface area contributed by atoms with Crippen molar-refractivity contribution in [2.75, 3.05) is 5.32 Å². The zero-order valence-electron chi connectivity index (χ0n) is 13.6. The lowest BCUT2D eigenvalue weighted by molar-refractivity contribution is -0.111. The molecule has 1 heterocycles. The fourth-order valence-corrected chi connectivity index (χ4v) is 2.91. The van der Waals surface area contributed by atoms with Crippen molar-refractivity contribution in [3.05, 3.63) is 76.7 Å². The van der Waals surface area contributed by atoms with Crippen molar-refractivity contribution in [1.29, 1.82) is 0 Å². The third-order valence-electron chi connectivity index (χ3n) is 3.59. The summed E-state index contributed by atoms with van der Waals surface area (Å²) in [5.41, 5.74) is 5.33. The third kappa shape index (κ3) is 4.18. The Bertz CT molecular complexity index is 861. The predicted octanol–water partition coefficient (Wildman–Crippen LogP) is 5.08. The Labute approximate surface area is 145 Å². The maximum atomic E-state index is 12.0. The van der Waals surface area contributed by atoms with E-state index in [1.165, 1.54) is 28.5 Å². The molecule has 0 aliphatic rings. The van der Waals surface area contributed by atoms with Crippen molar-refractivity contribution in [3.63, 3.8) is 0 Å². The molecule has 0 spiro atoms. The van der Waals surface area contributed by atoms with E-state index >= 15 is 0 Å². The van der Waals surface area contributed by atoms with Crippen molar-refractivity contribution in [2.45, 2.75) is 13.8 Å². The molecule has 4 heteroatoms. The monoisotopic (exact) mass is 334 g/mol. The molecule has 1 amide bonds. The molecule has 0 aliphatic heterocycles. The van der Waals surface area contributed by atoms with Gasteiger partial charge in [0.2, 0.25) is 5.91 Å². The van der Waals surface area contributed by atoms with Gasteiger partial charge in [-0.05, 0) is 25.5 Å². The standard InChI is InChI=1S/C20H18N2OS/c1-14-3-7-16(8-4-14)9-12-19(23)22-20-21-18(13-24-20)17-10-5-15(2)6-11-17/h3-13H,1-2H3,(H,21,22,23)/b12-9+. The topological polar surface area (TPSA) is 42.0 Å². The van der Waals surface area contributed by atoms with Gasteiger partial charge in [0.25, 0.3) is 0 Å². The van der Waals surface area contributed by atoms with Gasteiger partial charge in [0.1, 0.15) is 0 Å². The first kappa shape index (κ1) is 16.1. The summed E-state index contributed by atoms with van der Waals surface area (Å²) in [6, 6.07) is 16.2. The molecular weight excluding hydrogens is 316 g/mol. The highest BCUT2D eigenvalue weighted by atomic mass is 32.1. The van der Waals surface area contributed by atoms with Gasteiger partial charge < -0.3 is 0 Å². The molecule has 2 aromatic carbocycles. The maximum absolute atomic E-state index is 12.0. The largest absolute Gasteiger partial charge is 0.298 e. The molecule has 3 rings (SSSR count). The number of nitrogens with one attached hydrogen (secondary N) is 1. The fraction of sp³-hybridized carbons (Fsp3) is 0.100. The van der Waals surface area contributed by atoms with Crippen molar-refractivity contribution in [2.24, 2.45) is 0 Å². The van der Waals surface area contributed by atoms with E-state index in [0.717, 1.165) is 16.8 Å². The Hall–Kier alpha value is -2.72. The van der Waals surface area contributed by atoms with E-state index in [4.69, 9.17) is 0 Å². The van der Waals surface area contributed by atoms with Crippen LogP contribution < -0.4 is 5.32 Å². The molecule has 120 valence electrons. The van der Waals surface area contributed by atoms with E-state index in [1.54, 1.807) is 6.08 Å². The van der Waals surface area contributed by atoms with Crippen LogP contribution in [0.1, 0.15) is 16.7 Å². The quantitative estimate of drug-likeness (QED) is 0.676. The van der Waals surface area contributed by atoms with Gasteiger partial charge in [-0.25, -0.2) is 4.98 Å². The first-order chi connectivity index (χ1) is 11.6. The zero-order chi connectivity index (χ0) is 16.9. The zero-order valence-corrected chi connectivity index (χ0v) is 14.4. The molecule has 3 aromatic rings. The number of hydrogen-bond acceptors (Lipinski definition) is 3.